The minimum Gasteiger partial charge on any atom is -0.0646 e. The average Bonchev–Trinajstić information content (AvgIpc) is 2.71. The van der Waals surface area contributed by atoms with Crippen LogP contribution in [0.15, 0.2) is 48.5 Å². The highest BCUT2D eigenvalue weighted by Gasteiger charge is 2.21. The van der Waals surface area contributed by atoms with Gasteiger partial charge in [0.1, 0.15) is 0 Å². The molecule has 0 fully saturated rings. The molecule has 0 unspecified atom stereocenters. The van der Waals surface area contributed by atoms with Gasteiger partial charge in [-0.1, -0.05) is 90.1 Å². The quantitative estimate of drug-likeness (QED) is 0.374. The number of benzene rings is 2. The van der Waals surface area contributed by atoms with E-state index in [1.165, 1.54) is 67.2 Å². The molecule has 148 valence electrons. The Morgan fingerprint density at radius 1 is 0.556 bits per heavy atom. The van der Waals surface area contributed by atoms with Gasteiger partial charge in [-0.05, 0) is 78.0 Å². The van der Waals surface area contributed by atoms with Gasteiger partial charge in [-0.25, -0.2) is 0 Å². The van der Waals surface area contributed by atoms with Crippen molar-refractivity contribution in [1.82, 2.24) is 0 Å². The molecule has 0 amide bonds. The van der Waals surface area contributed by atoms with Gasteiger partial charge in [0.2, 0.25) is 0 Å². The molecule has 0 bridgehead atoms. The first kappa shape index (κ1) is 21.7. The van der Waals surface area contributed by atoms with Gasteiger partial charge in [0.15, 0.2) is 0 Å². The number of unbranched alkanes of at least 4 members (excludes halogenated alkanes) is 1. The number of rotatable bonds is 10. The summed E-state index contributed by atoms with van der Waals surface area (Å²) >= 11 is 0. The van der Waals surface area contributed by atoms with E-state index >= 15 is 0 Å². The Kier molecular flexibility index (Phi) is 7.71. The summed E-state index contributed by atoms with van der Waals surface area (Å²) in [4.78, 5) is 0. The molecule has 0 aliphatic rings. The molecule has 0 aliphatic heterocycles. The summed E-state index contributed by atoms with van der Waals surface area (Å²) in [5, 5.41) is 0. The molecule has 0 radical (unpaired) electrons. The lowest BCUT2D eigenvalue weighted by molar-refractivity contribution is 0.439. The topological polar surface area (TPSA) is 0 Å². The van der Waals surface area contributed by atoms with E-state index in [0.717, 1.165) is 0 Å². The van der Waals surface area contributed by atoms with Crippen molar-refractivity contribution in [3.8, 4) is 0 Å². The average molecular weight is 365 g/mol. The third kappa shape index (κ3) is 5.71. The number of aryl methyl sites for hydroxylation is 2. The molecule has 0 heteroatoms. The molecule has 0 heterocycles. The zero-order chi connectivity index (χ0) is 19.9. The lowest BCUT2D eigenvalue weighted by Gasteiger charge is -2.27. The largest absolute Gasteiger partial charge is 0.0646 e. The van der Waals surface area contributed by atoms with Crippen molar-refractivity contribution in [2.75, 3.05) is 0 Å². The SMILES string of the molecule is CCC(C)(C)c1ccc(CCCCc2ccc(C(C)(CC)CC)cc2)cc1. The Labute approximate surface area is 168 Å². The highest BCUT2D eigenvalue weighted by atomic mass is 14.3. The van der Waals surface area contributed by atoms with Crippen LogP contribution in [-0.4, -0.2) is 0 Å². The number of hydrogen-bond donors (Lipinski definition) is 0. The third-order valence-corrected chi connectivity index (χ3v) is 7.01. The van der Waals surface area contributed by atoms with E-state index in [0.29, 0.717) is 5.41 Å². The van der Waals surface area contributed by atoms with Gasteiger partial charge in [-0.3, -0.25) is 0 Å². The van der Waals surface area contributed by atoms with Gasteiger partial charge in [0.05, 0.1) is 0 Å². The Hall–Kier alpha value is -1.56. The van der Waals surface area contributed by atoms with Crippen LogP contribution in [0.5, 0.6) is 0 Å². The summed E-state index contributed by atoms with van der Waals surface area (Å²) in [6.45, 7) is 13.9. The molecule has 0 saturated carbocycles. The van der Waals surface area contributed by atoms with Gasteiger partial charge >= 0.3 is 0 Å². The second-order valence-corrected chi connectivity index (χ2v) is 9.11. The fourth-order valence-corrected chi connectivity index (χ4v) is 3.72. The van der Waals surface area contributed by atoms with E-state index in [4.69, 9.17) is 0 Å². The first-order chi connectivity index (χ1) is 12.8. The van der Waals surface area contributed by atoms with Crippen LogP contribution >= 0.6 is 0 Å². The maximum Gasteiger partial charge on any atom is -0.00805 e. The summed E-state index contributed by atoms with van der Waals surface area (Å²) in [6.07, 6.45) is 8.50. The highest BCUT2D eigenvalue weighted by Crippen LogP contribution is 2.31. The molecule has 0 nitrogen and oxygen atoms in total. The maximum absolute atomic E-state index is 2.38. The fraction of sp³-hybridized carbons (Fsp3) is 0.556. The standard InChI is InChI=1S/C27H40/c1-7-26(4,5)24-18-14-22(15-19-24)12-10-11-13-23-16-20-25(21-17-23)27(6,8-2)9-3/h14-21H,7-13H2,1-6H3. The Balaban J connectivity index is 1.82. The highest BCUT2D eigenvalue weighted by molar-refractivity contribution is 5.29. The summed E-state index contributed by atoms with van der Waals surface area (Å²) in [5.74, 6) is 0. The Morgan fingerprint density at radius 2 is 0.963 bits per heavy atom. The van der Waals surface area contributed by atoms with Crippen molar-refractivity contribution >= 4 is 0 Å². The van der Waals surface area contributed by atoms with Gasteiger partial charge in [-0.2, -0.15) is 0 Å². The summed E-state index contributed by atoms with van der Waals surface area (Å²) < 4.78 is 0. The van der Waals surface area contributed by atoms with E-state index in [1.54, 1.807) is 0 Å². The van der Waals surface area contributed by atoms with Crippen molar-refractivity contribution in [3.05, 3.63) is 70.8 Å². The van der Waals surface area contributed by atoms with Crippen molar-refractivity contribution in [2.24, 2.45) is 0 Å². The molecule has 0 saturated heterocycles. The predicted molar refractivity (Wildman–Crippen MR) is 121 cm³/mol. The van der Waals surface area contributed by atoms with Crippen LogP contribution in [-0.2, 0) is 23.7 Å². The van der Waals surface area contributed by atoms with Crippen molar-refractivity contribution < 1.29 is 0 Å². The van der Waals surface area contributed by atoms with Crippen molar-refractivity contribution in [1.29, 1.82) is 0 Å². The smallest absolute Gasteiger partial charge is 0.00805 e. The van der Waals surface area contributed by atoms with Crippen molar-refractivity contribution in [3.63, 3.8) is 0 Å². The second kappa shape index (κ2) is 9.58. The maximum atomic E-state index is 2.38. The fourth-order valence-electron chi connectivity index (χ4n) is 3.72. The van der Waals surface area contributed by atoms with Crippen LogP contribution in [0.25, 0.3) is 0 Å². The first-order valence-corrected chi connectivity index (χ1v) is 11.0. The normalized spacial score (nSPS) is 12.4. The van der Waals surface area contributed by atoms with Gasteiger partial charge in [-0.15, -0.1) is 0 Å². The van der Waals surface area contributed by atoms with E-state index in [2.05, 4.69) is 90.1 Å². The molecule has 0 atom stereocenters. The summed E-state index contributed by atoms with van der Waals surface area (Å²) in [6, 6.07) is 18.7. The first-order valence-electron chi connectivity index (χ1n) is 11.0. The molecule has 2 aromatic carbocycles. The van der Waals surface area contributed by atoms with Gasteiger partial charge in [0.25, 0.3) is 0 Å². The molecule has 27 heavy (non-hydrogen) atoms. The molecule has 2 rings (SSSR count). The Morgan fingerprint density at radius 3 is 1.33 bits per heavy atom. The summed E-state index contributed by atoms with van der Waals surface area (Å²) in [5.41, 5.74) is 6.52. The lowest BCUT2D eigenvalue weighted by Crippen LogP contribution is -2.19. The summed E-state index contributed by atoms with van der Waals surface area (Å²) in [7, 11) is 0. The minimum atomic E-state index is 0.288. The molecule has 0 spiro atoms. The molecular formula is C27H40. The van der Waals surface area contributed by atoms with Crippen LogP contribution < -0.4 is 0 Å². The van der Waals surface area contributed by atoms with E-state index in [1.807, 2.05) is 0 Å². The second-order valence-electron chi connectivity index (χ2n) is 9.11. The minimum absolute atomic E-state index is 0.288. The van der Waals surface area contributed by atoms with E-state index in [-0.39, 0.29) is 5.41 Å². The lowest BCUT2D eigenvalue weighted by atomic mass is 9.77. The molecule has 0 N–H and O–H groups in total. The van der Waals surface area contributed by atoms with Gasteiger partial charge in [0, 0.05) is 0 Å². The van der Waals surface area contributed by atoms with E-state index in [9.17, 15) is 0 Å². The Bertz CT molecular complexity index is 669. The zero-order valence-corrected chi connectivity index (χ0v) is 18.6. The molecular weight excluding hydrogens is 324 g/mol. The molecule has 0 aromatic heterocycles. The monoisotopic (exact) mass is 364 g/mol. The zero-order valence-electron chi connectivity index (χ0n) is 18.6. The van der Waals surface area contributed by atoms with Crippen LogP contribution in [0.4, 0.5) is 0 Å². The van der Waals surface area contributed by atoms with E-state index < -0.39 is 0 Å². The molecule has 0 aliphatic carbocycles. The van der Waals surface area contributed by atoms with Crippen LogP contribution in [0.3, 0.4) is 0 Å². The molecule has 2 aromatic rings. The van der Waals surface area contributed by atoms with Crippen molar-refractivity contribution in [2.45, 2.75) is 97.3 Å². The predicted octanol–water partition coefficient (Wildman–Crippen LogP) is 8.02. The van der Waals surface area contributed by atoms with Crippen LogP contribution in [0.1, 0.15) is 95.9 Å². The van der Waals surface area contributed by atoms with Crippen LogP contribution in [0.2, 0.25) is 0 Å². The van der Waals surface area contributed by atoms with Gasteiger partial charge < -0.3 is 0 Å². The van der Waals surface area contributed by atoms with Crippen LogP contribution in [0, 0.1) is 0 Å². The third-order valence-electron chi connectivity index (χ3n) is 7.01. The number of hydrogen-bond acceptors (Lipinski definition) is 0.